The number of ether oxygens (including phenoxy) is 1. The molecule has 2 heteroatoms. The SMILES string of the molecule is CCOC(C)(CC)C(N)c1cccc(CC)c1. The zero-order chi connectivity index (χ0) is 12.9. The lowest BCUT2D eigenvalue weighted by molar-refractivity contribution is -0.0472. The highest BCUT2D eigenvalue weighted by Crippen LogP contribution is 2.30. The summed E-state index contributed by atoms with van der Waals surface area (Å²) in [6, 6.07) is 8.43. The van der Waals surface area contributed by atoms with E-state index < -0.39 is 0 Å². The Balaban J connectivity index is 2.96. The average Bonchev–Trinajstić information content (AvgIpc) is 2.38. The largest absolute Gasteiger partial charge is 0.374 e. The summed E-state index contributed by atoms with van der Waals surface area (Å²) in [5, 5.41) is 0. The van der Waals surface area contributed by atoms with Crippen LogP contribution in [0.1, 0.15) is 51.3 Å². The van der Waals surface area contributed by atoms with Crippen LogP contribution in [-0.4, -0.2) is 12.2 Å². The Bertz CT molecular complexity index is 351. The summed E-state index contributed by atoms with van der Waals surface area (Å²) in [4.78, 5) is 0. The second kappa shape index (κ2) is 6.18. The highest BCUT2D eigenvalue weighted by Gasteiger charge is 2.31. The third-order valence-electron chi connectivity index (χ3n) is 3.55. The van der Waals surface area contributed by atoms with Gasteiger partial charge in [0.05, 0.1) is 11.6 Å². The molecule has 1 aromatic rings. The van der Waals surface area contributed by atoms with Gasteiger partial charge in [-0.1, -0.05) is 38.1 Å². The van der Waals surface area contributed by atoms with E-state index in [-0.39, 0.29) is 11.6 Å². The minimum atomic E-state index is -0.277. The van der Waals surface area contributed by atoms with Crippen LogP contribution in [0.5, 0.6) is 0 Å². The first-order valence-electron chi connectivity index (χ1n) is 6.55. The molecule has 0 amide bonds. The lowest BCUT2D eigenvalue weighted by atomic mass is 9.87. The van der Waals surface area contributed by atoms with Crippen molar-refractivity contribution in [1.82, 2.24) is 0 Å². The molecule has 17 heavy (non-hydrogen) atoms. The Morgan fingerprint density at radius 2 is 2.00 bits per heavy atom. The molecule has 2 nitrogen and oxygen atoms in total. The average molecular weight is 235 g/mol. The van der Waals surface area contributed by atoms with Crippen molar-refractivity contribution in [3.8, 4) is 0 Å². The van der Waals surface area contributed by atoms with Gasteiger partial charge in [0, 0.05) is 6.61 Å². The molecule has 0 saturated heterocycles. The van der Waals surface area contributed by atoms with Gasteiger partial charge in [-0.2, -0.15) is 0 Å². The molecular formula is C15H25NO. The summed E-state index contributed by atoms with van der Waals surface area (Å²) >= 11 is 0. The zero-order valence-corrected chi connectivity index (χ0v) is 11.5. The van der Waals surface area contributed by atoms with Crippen molar-refractivity contribution in [3.63, 3.8) is 0 Å². The third kappa shape index (κ3) is 3.30. The van der Waals surface area contributed by atoms with Gasteiger partial charge in [-0.05, 0) is 37.8 Å². The topological polar surface area (TPSA) is 35.2 Å². The van der Waals surface area contributed by atoms with Crippen LogP contribution in [0.4, 0.5) is 0 Å². The van der Waals surface area contributed by atoms with Crippen molar-refractivity contribution in [2.75, 3.05) is 6.61 Å². The van der Waals surface area contributed by atoms with Crippen LogP contribution in [0.2, 0.25) is 0 Å². The molecule has 0 aliphatic carbocycles. The number of hydrogen-bond acceptors (Lipinski definition) is 2. The van der Waals surface area contributed by atoms with Crippen molar-refractivity contribution in [3.05, 3.63) is 35.4 Å². The van der Waals surface area contributed by atoms with Crippen LogP contribution in [0, 0.1) is 0 Å². The first kappa shape index (κ1) is 14.2. The van der Waals surface area contributed by atoms with Crippen LogP contribution in [0.15, 0.2) is 24.3 Å². The number of benzene rings is 1. The van der Waals surface area contributed by atoms with Crippen molar-refractivity contribution in [2.45, 2.75) is 52.2 Å². The molecule has 0 heterocycles. The maximum atomic E-state index is 6.37. The third-order valence-corrected chi connectivity index (χ3v) is 3.55. The highest BCUT2D eigenvalue weighted by atomic mass is 16.5. The molecule has 0 bridgehead atoms. The summed E-state index contributed by atoms with van der Waals surface area (Å²) in [7, 11) is 0. The Morgan fingerprint density at radius 1 is 1.29 bits per heavy atom. The maximum Gasteiger partial charge on any atom is 0.0843 e. The molecule has 0 aliphatic rings. The highest BCUT2D eigenvalue weighted by molar-refractivity contribution is 5.27. The van der Waals surface area contributed by atoms with Gasteiger partial charge in [-0.15, -0.1) is 0 Å². The van der Waals surface area contributed by atoms with E-state index in [1.807, 2.05) is 6.92 Å². The Morgan fingerprint density at radius 3 is 2.53 bits per heavy atom. The normalized spacial score (nSPS) is 16.5. The fourth-order valence-electron chi connectivity index (χ4n) is 2.10. The van der Waals surface area contributed by atoms with Crippen LogP contribution in [0.3, 0.4) is 0 Å². The predicted octanol–water partition coefficient (Wildman–Crippen LogP) is 3.45. The van der Waals surface area contributed by atoms with Crippen LogP contribution in [0.25, 0.3) is 0 Å². The van der Waals surface area contributed by atoms with Gasteiger partial charge in [0.2, 0.25) is 0 Å². The number of nitrogens with two attached hydrogens (primary N) is 1. The van der Waals surface area contributed by atoms with Crippen LogP contribution < -0.4 is 5.73 Å². The molecule has 0 fully saturated rings. The smallest absolute Gasteiger partial charge is 0.0843 e. The van der Waals surface area contributed by atoms with E-state index in [9.17, 15) is 0 Å². The molecule has 0 spiro atoms. The lowest BCUT2D eigenvalue weighted by Gasteiger charge is -2.34. The van der Waals surface area contributed by atoms with E-state index in [4.69, 9.17) is 10.5 Å². The summed E-state index contributed by atoms with van der Waals surface area (Å²) in [6.45, 7) is 9.10. The molecule has 0 aliphatic heterocycles. The lowest BCUT2D eigenvalue weighted by Crippen LogP contribution is -2.40. The standard InChI is InChI=1S/C15H25NO/c1-5-12-9-8-10-13(11-12)14(16)15(4,6-2)17-7-3/h8-11,14H,5-7,16H2,1-4H3. The van der Waals surface area contributed by atoms with Gasteiger partial charge < -0.3 is 10.5 Å². The minimum absolute atomic E-state index is 0.0704. The van der Waals surface area contributed by atoms with Gasteiger partial charge in [0.15, 0.2) is 0 Å². The summed E-state index contributed by atoms with van der Waals surface area (Å²) in [5.41, 5.74) is 8.59. The van der Waals surface area contributed by atoms with E-state index in [0.717, 1.165) is 12.8 Å². The second-order valence-electron chi connectivity index (χ2n) is 4.68. The molecule has 0 saturated carbocycles. The van der Waals surface area contributed by atoms with Crippen molar-refractivity contribution < 1.29 is 4.74 Å². The fraction of sp³-hybridized carbons (Fsp3) is 0.600. The van der Waals surface area contributed by atoms with E-state index in [2.05, 4.69) is 45.0 Å². The Labute approximate surface area is 105 Å². The quantitative estimate of drug-likeness (QED) is 0.819. The minimum Gasteiger partial charge on any atom is -0.374 e. The number of rotatable bonds is 6. The Kier molecular flexibility index (Phi) is 5.16. The summed E-state index contributed by atoms with van der Waals surface area (Å²) in [6.07, 6.45) is 1.95. The van der Waals surface area contributed by atoms with Gasteiger partial charge in [0.25, 0.3) is 0 Å². The van der Waals surface area contributed by atoms with Crippen LogP contribution >= 0.6 is 0 Å². The molecular weight excluding hydrogens is 210 g/mol. The first-order valence-corrected chi connectivity index (χ1v) is 6.55. The summed E-state index contributed by atoms with van der Waals surface area (Å²) < 4.78 is 5.84. The monoisotopic (exact) mass is 235 g/mol. The van der Waals surface area contributed by atoms with Crippen molar-refractivity contribution in [1.29, 1.82) is 0 Å². The maximum absolute atomic E-state index is 6.37. The molecule has 1 rings (SSSR count). The Hall–Kier alpha value is -0.860. The molecule has 2 unspecified atom stereocenters. The van der Waals surface area contributed by atoms with Crippen LogP contribution in [-0.2, 0) is 11.2 Å². The van der Waals surface area contributed by atoms with Gasteiger partial charge in [-0.25, -0.2) is 0 Å². The second-order valence-corrected chi connectivity index (χ2v) is 4.68. The van der Waals surface area contributed by atoms with Gasteiger partial charge in [-0.3, -0.25) is 0 Å². The number of hydrogen-bond donors (Lipinski definition) is 1. The van der Waals surface area contributed by atoms with E-state index in [1.54, 1.807) is 0 Å². The molecule has 0 aromatic heterocycles. The van der Waals surface area contributed by atoms with E-state index in [0.29, 0.717) is 6.61 Å². The molecule has 1 aromatic carbocycles. The molecule has 2 atom stereocenters. The summed E-state index contributed by atoms with van der Waals surface area (Å²) in [5.74, 6) is 0. The molecule has 96 valence electrons. The van der Waals surface area contributed by atoms with Gasteiger partial charge in [0.1, 0.15) is 0 Å². The van der Waals surface area contributed by atoms with E-state index >= 15 is 0 Å². The molecule has 0 radical (unpaired) electrons. The molecule has 2 N–H and O–H groups in total. The van der Waals surface area contributed by atoms with E-state index in [1.165, 1.54) is 11.1 Å². The number of aryl methyl sites for hydroxylation is 1. The fourth-order valence-corrected chi connectivity index (χ4v) is 2.10. The van der Waals surface area contributed by atoms with Crippen molar-refractivity contribution in [2.24, 2.45) is 5.73 Å². The predicted molar refractivity (Wildman–Crippen MR) is 73.1 cm³/mol. The zero-order valence-electron chi connectivity index (χ0n) is 11.5. The first-order chi connectivity index (χ1) is 8.07. The van der Waals surface area contributed by atoms with Gasteiger partial charge >= 0.3 is 0 Å². The van der Waals surface area contributed by atoms with Crippen molar-refractivity contribution >= 4 is 0 Å².